The van der Waals surface area contributed by atoms with Gasteiger partial charge in [0.05, 0.1) is 5.56 Å². The lowest BCUT2D eigenvalue weighted by atomic mass is 10.2. The topological polar surface area (TPSA) is 93.8 Å². The molecule has 3 N–H and O–H groups in total. The monoisotopic (exact) mass is 215 g/mol. The van der Waals surface area contributed by atoms with E-state index in [1.165, 1.54) is 0 Å². The first kappa shape index (κ1) is 10.0. The van der Waals surface area contributed by atoms with Gasteiger partial charge in [-0.3, -0.25) is 4.79 Å². The van der Waals surface area contributed by atoms with Crippen molar-refractivity contribution < 1.29 is 4.79 Å². The second-order valence-electron chi connectivity index (χ2n) is 2.96. The minimum atomic E-state index is -0.550. The number of aromatic nitrogens is 3. The molecule has 0 spiro atoms. The minimum Gasteiger partial charge on any atom is -0.365 e. The van der Waals surface area contributed by atoms with E-state index in [-0.39, 0.29) is 0 Å². The Morgan fingerprint density at radius 2 is 1.81 bits per heavy atom. The number of nitrogens with one attached hydrogen (secondary N) is 1. The van der Waals surface area contributed by atoms with Gasteiger partial charge in [0.1, 0.15) is 5.82 Å². The summed E-state index contributed by atoms with van der Waals surface area (Å²) in [6.07, 6.45) is 4.72. The smallest absolute Gasteiger partial charge is 0.252 e. The van der Waals surface area contributed by atoms with Crippen LogP contribution in [0.15, 0.2) is 36.8 Å². The van der Waals surface area contributed by atoms with E-state index in [9.17, 15) is 4.79 Å². The van der Waals surface area contributed by atoms with Gasteiger partial charge in [0.2, 0.25) is 5.95 Å². The summed E-state index contributed by atoms with van der Waals surface area (Å²) >= 11 is 0. The molecule has 16 heavy (non-hydrogen) atoms. The van der Waals surface area contributed by atoms with E-state index in [2.05, 4.69) is 20.3 Å². The summed E-state index contributed by atoms with van der Waals surface area (Å²) in [6, 6.07) is 4.91. The molecule has 6 heteroatoms. The predicted octanol–water partition coefficient (Wildman–Crippen LogP) is 0.714. The molecule has 0 bridgehead atoms. The van der Waals surface area contributed by atoms with Crippen LogP contribution in [-0.4, -0.2) is 20.9 Å². The summed E-state index contributed by atoms with van der Waals surface area (Å²) in [7, 11) is 0. The Morgan fingerprint density at radius 3 is 2.50 bits per heavy atom. The van der Waals surface area contributed by atoms with E-state index in [0.717, 1.165) is 0 Å². The van der Waals surface area contributed by atoms with Gasteiger partial charge >= 0.3 is 0 Å². The first-order valence-electron chi connectivity index (χ1n) is 4.56. The molecular formula is C10H9N5O. The number of anilines is 2. The number of carbonyl (C=O) groups excluding carboxylic acids is 1. The number of rotatable bonds is 3. The minimum absolute atomic E-state index is 0.301. The van der Waals surface area contributed by atoms with Crippen LogP contribution >= 0.6 is 0 Å². The molecule has 0 saturated carbocycles. The van der Waals surface area contributed by atoms with Crippen LogP contribution in [0.1, 0.15) is 10.4 Å². The number of nitrogens with zero attached hydrogens (tertiary/aromatic N) is 3. The molecular weight excluding hydrogens is 206 g/mol. The SMILES string of the molecule is NC(=O)c1cccnc1Nc1ncccn1. The van der Waals surface area contributed by atoms with Crippen LogP contribution in [0.2, 0.25) is 0 Å². The molecule has 80 valence electrons. The largest absolute Gasteiger partial charge is 0.365 e. The highest BCUT2D eigenvalue weighted by Gasteiger charge is 2.09. The molecule has 0 aromatic carbocycles. The van der Waals surface area contributed by atoms with Crippen molar-refractivity contribution in [2.24, 2.45) is 5.73 Å². The van der Waals surface area contributed by atoms with Crippen LogP contribution in [0, 0.1) is 0 Å². The van der Waals surface area contributed by atoms with Crippen LogP contribution in [0.5, 0.6) is 0 Å². The average molecular weight is 215 g/mol. The summed E-state index contributed by atoms with van der Waals surface area (Å²) in [6.45, 7) is 0. The average Bonchev–Trinajstić information content (AvgIpc) is 2.31. The van der Waals surface area contributed by atoms with Crippen molar-refractivity contribution in [3.63, 3.8) is 0 Å². The van der Waals surface area contributed by atoms with E-state index in [1.807, 2.05) is 0 Å². The second kappa shape index (κ2) is 4.35. The first-order chi connectivity index (χ1) is 7.77. The van der Waals surface area contributed by atoms with Crippen LogP contribution in [0.4, 0.5) is 11.8 Å². The van der Waals surface area contributed by atoms with Gasteiger partial charge in [-0.05, 0) is 18.2 Å². The highest BCUT2D eigenvalue weighted by molar-refractivity contribution is 5.97. The van der Waals surface area contributed by atoms with Gasteiger partial charge in [-0.25, -0.2) is 15.0 Å². The summed E-state index contributed by atoms with van der Waals surface area (Å²) in [5, 5.41) is 2.82. The van der Waals surface area contributed by atoms with Crippen LogP contribution in [0.25, 0.3) is 0 Å². The molecule has 0 atom stereocenters. The Balaban J connectivity index is 2.31. The van der Waals surface area contributed by atoms with Crippen molar-refractivity contribution in [2.45, 2.75) is 0 Å². The molecule has 2 heterocycles. The van der Waals surface area contributed by atoms with E-state index >= 15 is 0 Å². The molecule has 0 saturated heterocycles. The van der Waals surface area contributed by atoms with Crippen molar-refractivity contribution in [2.75, 3.05) is 5.32 Å². The van der Waals surface area contributed by atoms with Crippen molar-refractivity contribution in [3.05, 3.63) is 42.4 Å². The normalized spacial score (nSPS) is 9.75. The zero-order valence-corrected chi connectivity index (χ0v) is 8.29. The second-order valence-corrected chi connectivity index (χ2v) is 2.96. The van der Waals surface area contributed by atoms with Crippen LogP contribution < -0.4 is 11.1 Å². The van der Waals surface area contributed by atoms with Gasteiger partial charge in [0.25, 0.3) is 5.91 Å². The molecule has 0 fully saturated rings. The lowest BCUT2D eigenvalue weighted by molar-refractivity contribution is 0.100. The van der Waals surface area contributed by atoms with Gasteiger partial charge in [-0.2, -0.15) is 0 Å². The van der Waals surface area contributed by atoms with Crippen LogP contribution in [-0.2, 0) is 0 Å². The number of pyridine rings is 1. The lowest BCUT2D eigenvalue weighted by Crippen LogP contribution is -2.14. The number of hydrogen-bond donors (Lipinski definition) is 2. The summed E-state index contributed by atoms with van der Waals surface area (Å²) < 4.78 is 0. The van der Waals surface area contributed by atoms with Gasteiger partial charge < -0.3 is 11.1 Å². The third-order valence-electron chi connectivity index (χ3n) is 1.87. The maximum atomic E-state index is 11.1. The molecule has 0 unspecified atom stereocenters. The Bertz CT molecular complexity index is 500. The number of primary amides is 1. The fraction of sp³-hybridized carbons (Fsp3) is 0. The third kappa shape index (κ3) is 2.11. The molecule has 0 aliphatic heterocycles. The maximum absolute atomic E-state index is 11.1. The Kier molecular flexibility index (Phi) is 2.73. The van der Waals surface area contributed by atoms with Crippen LogP contribution in [0.3, 0.4) is 0 Å². The summed E-state index contributed by atoms with van der Waals surface area (Å²) in [5.74, 6) is 0.163. The Hall–Kier alpha value is -2.50. The standard InChI is InChI=1S/C10H9N5O/c11-8(16)7-3-1-4-12-9(7)15-10-13-5-2-6-14-10/h1-6H,(H2,11,16)(H,12,13,14,15). The van der Waals surface area contributed by atoms with Crippen molar-refractivity contribution in [1.29, 1.82) is 0 Å². The number of carbonyl (C=O) groups is 1. The fourth-order valence-corrected chi connectivity index (χ4v) is 1.17. The van der Waals surface area contributed by atoms with Crippen molar-refractivity contribution >= 4 is 17.7 Å². The zero-order chi connectivity index (χ0) is 11.4. The Labute approximate surface area is 91.6 Å². The summed E-state index contributed by atoms with van der Waals surface area (Å²) in [4.78, 5) is 23.0. The fourth-order valence-electron chi connectivity index (χ4n) is 1.17. The maximum Gasteiger partial charge on any atom is 0.252 e. The summed E-state index contributed by atoms with van der Waals surface area (Å²) in [5.41, 5.74) is 5.51. The number of hydrogen-bond acceptors (Lipinski definition) is 5. The van der Waals surface area contributed by atoms with Gasteiger partial charge in [-0.15, -0.1) is 0 Å². The molecule has 0 aliphatic rings. The molecule has 6 nitrogen and oxygen atoms in total. The van der Waals surface area contributed by atoms with Gasteiger partial charge in [0.15, 0.2) is 0 Å². The predicted molar refractivity (Wildman–Crippen MR) is 58.1 cm³/mol. The third-order valence-corrected chi connectivity index (χ3v) is 1.87. The zero-order valence-electron chi connectivity index (χ0n) is 8.29. The molecule has 2 aromatic heterocycles. The van der Waals surface area contributed by atoms with Crippen molar-refractivity contribution in [1.82, 2.24) is 15.0 Å². The highest BCUT2D eigenvalue weighted by Crippen LogP contribution is 2.13. The van der Waals surface area contributed by atoms with Gasteiger partial charge in [-0.1, -0.05) is 0 Å². The van der Waals surface area contributed by atoms with Gasteiger partial charge in [0, 0.05) is 18.6 Å². The van der Waals surface area contributed by atoms with E-state index in [1.54, 1.807) is 36.8 Å². The number of nitrogens with two attached hydrogens (primary N) is 1. The van der Waals surface area contributed by atoms with E-state index in [4.69, 9.17) is 5.73 Å². The van der Waals surface area contributed by atoms with E-state index < -0.39 is 5.91 Å². The molecule has 0 radical (unpaired) electrons. The molecule has 2 aromatic rings. The quantitative estimate of drug-likeness (QED) is 0.786. The number of amides is 1. The lowest BCUT2D eigenvalue weighted by Gasteiger charge is -2.06. The molecule has 1 amide bonds. The Morgan fingerprint density at radius 1 is 1.12 bits per heavy atom. The van der Waals surface area contributed by atoms with E-state index in [0.29, 0.717) is 17.3 Å². The molecule has 2 rings (SSSR count). The molecule has 0 aliphatic carbocycles. The highest BCUT2D eigenvalue weighted by atomic mass is 16.1. The first-order valence-corrected chi connectivity index (χ1v) is 4.56. The van der Waals surface area contributed by atoms with Crippen molar-refractivity contribution in [3.8, 4) is 0 Å².